The summed E-state index contributed by atoms with van der Waals surface area (Å²) < 4.78 is 66.9. The van der Waals surface area contributed by atoms with Gasteiger partial charge in [0.25, 0.3) is 0 Å². The van der Waals surface area contributed by atoms with Gasteiger partial charge in [-0.1, -0.05) is 41.5 Å². The normalized spacial score (nSPS) is 28.1. The number of hydrogen-bond donors (Lipinski definition) is 1. The summed E-state index contributed by atoms with van der Waals surface area (Å²) >= 11 is 6.31. The highest BCUT2D eigenvalue weighted by Gasteiger charge is 2.60. The molecule has 0 spiro atoms. The predicted octanol–water partition coefficient (Wildman–Crippen LogP) is 5.22. The zero-order chi connectivity index (χ0) is 28.3. The Morgan fingerprint density at radius 1 is 1.24 bits per heavy atom. The van der Waals surface area contributed by atoms with Gasteiger partial charge in [-0.3, -0.25) is 4.57 Å². The molecule has 0 saturated carbocycles. The summed E-state index contributed by atoms with van der Waals surface area (Å²) in [5.74, 6) is -4.37. The van der Waals surface area contributed by atoms with E-state index in [-0.39, 0.29) is 10.1 Å². The minimum atomic E-state index is -2.74. The van der Waals surface area contributed by atoms with Crippen molar-refractivity contribution in [3.05, 3.63) is 22.5 Å². The minimum Gasteiger partial charge on any atom is -0.414 e. The van der Waals surface area contributed by atoms with Crippen LogP contribution in [0.2, 0.25) is 36.3 Å². The Hall–Kier alpha value is -0.856. The molecule has 0 unspecified atom stereocenters. The highest BCUT2D eigenvalue weighted by atomic mass is 35.5. The van der Waals surface area contributed by atoms with Crippen molar-refractivity contribution < 1.29 is 25.1 Å². The number of nitrogen functional groups attached to an aromatic ring is 1. The Bertz CT molecular complexity index is 1030. The number of halogens is 3. The van der Waals surface area contributed by atoms with Crippen molar-refractivity contribution in [1.82, 2.24) is 9.55 Å². The summed E-state index contributed by atoms with van der Waals surface area (Å²) in [6.45, 7) is 19.1. The lowest BCUT2D eigenvalue weighted by atomic mass is 9.99. The third kappa shape index (κ3) is 5.59. The number of ether oxygens (including phenoxy) is 1. The van der Waals surface area contributed by atoms with Gasteiger partial charge in [-0.2, -0.15) is 4.98 Å². The molecular formula is C22H40ClF2N3O4Si2. The van der Waals surface area contributed by atoms with Crippen LogP contribution in [-0.4, -0.2) is 56.5 Å². The molecule has 1 fully saturated rings. The number of rotatable bonds is 7. The van der Waals surface area contributed by atoms with Gasteiger partial charge in [-0.05, 0) is 36.3 Å². The Kier molecular flexibility index (Phi) is 7.36. The van der Waals surface area contributed by atoms with Gasteiger partial charge in [-0.15, -0.1) is 11.6 Å². The van der Waals surface area contributed by atoms with Crippen LogP contribution in [0.3, 0.4) is 0 Å². The topological polar surface area (TPSA) is 88.6 Å². The number of anilines is 1. The third-order valence-electron chi connectivity index (χ3n) is 7.40. The smallest absolute Gasteiger partial charge is 0.351 e. The molecule has 7 nitrogen and oxygen atoms in total. The standard InChI is InChI=1S/C22H40ClF2N3O4Si2/c1-20(2,3)33(7,8)30-13-22(12-23)16(32-34(9,10)21(4,5)6)15(25)18(31-22)28-11-14(24)17(26)27-19(28)29/h11,15-16,18H,12-13H2,1-10H3,(H2,26,27,29)/t15-,16-,18+,22+/m0/s1/i12D2. The summed E-state index contributed by atoms with van der Waals surface area (Å²) in [5.41, 5.74) is 2.17. The molecule has 1 aliphatic heterocycles. The van der Waals surface area contributed by atoms with Crippen molar-refractivity contribution in [1.29, 1.82) is 0 Å². The Morgan fingerprint density at radius 3 is 2.24 bits per heavy atom. The maximum atomic E-state index is 16.3. The number of aromatic nitrogens is 2. The molecule has 1 aromatic heterocycles. The average Bonchev–Trinajstić information content (AvgIpc) is 2.94. The minimum absolute atomic E-state index is 0.253. The van der Waals surface area contributed by atoms with Crippen molar-refractivity contribution in [2.45, 2.75) is 102 Å². The molecule has 0 radical (unpaired) electrons. The van der Waals surface area contributed by atoms with Crippen molar-refractivity contribution >= 4 is 34.1 Å². The fraction of sp³-hybridized carbons (Fsp3) is 0.818. The number of alkyl halides is 2. The molecule has 2 rings (SSSR count). The molecule has 2 heterocycles. The van der Waals surface area contributed by atoms with Gasteiger partial charge in [-0.25, -0.2) is 13.6 Å². The van der Waals surface area contributed by atoms with E-state index in [2.05, 4.69) is 4.98 Å². The van der Waals surface area contributed by atoms with Crippen LogP contribution in [-0.2, 0) is 13.6 Å². The van der Waals surface area contributed by atoms with E-state index >= 15 is 4.39 Å². The first-order valence-electron chi connectivity index (χ1n) is 12.2. The van der Waals surface area contributed by atoms with Gasteiger partial charge in [0.15, 0.2) is 40.7 Å². The molecule has 0 aromatic carbocycles. The van der Waals surface area contributed by atoms with Crippen LogP contribution >= 0.6 is 11.6 Å². The molecule has 0 bridgehead atoms. The Morgan fingerprint density at radius 2 is 1.76 bits per heavy atom. The van der Waals surface area contributed by atoms with E-state index in [1.54, 1.807) is 0 Å². The summed E-state index contributed by atoms with van der Waals surface area (Å²) in [6, 6.07) is 0. The van der Waals surface area contributed by atoms with Crippen molar-refractivity contribution in [2.75, 3.05) is 18.2 Å². The highest BCUT2D eigenvalue weighted by Crippen LogP contribution is 2.47. The maximum Gasteiger partial charge on any atom is 0.351 e. The summed E-state index contributed by atoms with van der Waals surface area (Å²) in [7, 11) is -5.24. The summed E-state index contributed by atoms with van der Waals surface area (Å²) in [5, 5.41) is -0.626. The lowest BCUT2D eigenvalue weighted by Gasteiger charge is -2.44. The van der Waals surface area contributed by atoms with E-state index in [0.29, 0.717) is 10.8 Å². The van der Waals surface area contributed by atoms with E-state index in [4.69, 9.17) is 33.7 Å². The molecule has 34 heavy (non-hydrogen) atoms. The quantitative estimate of drug-likeness (QED) is 0.376. The average molecular weight is 542 g/mol. The van der Waals surface area contributed by atoms with E-state index in [1.807, 2.05) is 67.7 Å². The van der Waals surface area contributed by atoms with E-state index in [1.165, 1.54) is 0 Å². The molecule has 4 atom stereocenters. The molecule has 1 aromatic rings. The SMILES string of the molecule is [2H]C([2H])(Cl)[C@]1(CO[Si](C)(C)C(C)(C)C)O[C@@H](n2cc(F)c(N)nc2=O)[C@@H](F)[C@@H]1O[Si](C)(C)C(C)(C)C. The third-order valence-corrected chi connectivity index (χ3v) is 16.7. The fourth-order valence-corrected chi connectivity index (χ4v) is 5.51. The highest BCUT2D eigenvalue weighted by molar-refractivity contribution is 6.74. The van der Waals surface area contributed by atoms with Gasteiger partial charge < -0.3 is 19.3 Å². The fourth-order valence-electron chi connectivity index (χ4n) is 2.98. The zero-order valence-electron chi connectivity index (χ0n) is 23.8. The van der Waals surface area contributed by atoms with Gasteiger partial charge in [0.2, 0.25) is 0 Å². The lowest BCUT2D eigenvalue weighted by Crippen LogP contribution is -2.57. The van der Waals surface area contributed by atoms with Gasteiger partial charge in [0.05, 0.1) is 18.6 Å². The van der Waals surface area contributed by atoms with Crippen LogP contribution in [0.25, 0.3) is 0 Å². The first kappa shape index (κ1) is 26.2. The first-order valence-corrected chi connectivity index (χ1v) is 17.4. The largest absolute Gasteiger partial charge is 0.414 e. The van der Waals surface area contributed by atoms with Gasteiger partial charge >= 0.3 is 5.69 Å². The lowest BCUT2D eigenvalue weighted by molar-refractivity contribution is -0.110. The second-order valence-corrected chi connectivity index (χ2v) is 21.7. The molecular weight excluding hydrogens is 500 g/mol. The van der Waals surface area contributed by atoms with Crippen LogP contribution in [0.1, 0.15) is 50.5 Å². The van der Waals surface area contributed by atoms with E-state index < -0.39 is 70.5 Å². The maximum absolute atomic E-state index is 16.3. The Balaban J connectivity index is 2.72. The molecule has 196 valence electrons. The summed E-state index contributed by atoms with van der Waals surface area (Å²) in [4.78, 5) is 16.0. The Labute approximate surface area is 211 Å². The van der Waals surface area contributed by atoms with E-state index in [9.17, 15) is 9.18 Å². The monoisotopic (exact) mass is 541 g/mol. The number of nitrogens with two attached hydrogens (primary N) is 1. The van der Waals surface area contributed by atoms with Crippen LogP contribution in [0, 0.1) is 5.82 Å². The van der Waals surface area contributed by atoms with Crippen LogP contribution < -0.4 is 11.4 Å². The molecule has 2 N–H and O–H groups in total. The van der Waals surface area contributed by atoms with Crippen molar-refractivity contribution in [3.8, 4) is 0 Å². The predicted molar refractivity (Wildman–Crippen MR) is 137 cm³/mol. The molecule has 0 amide bonds. The molecule has 1 saturated heterocycles. The van der Waals surface area contributed by atoms with Gasteiger partial charge in [0.1, 0.15) is 11.7 Å². The first-order chi connectivity index (χ1) is 15.9. The van der Waals surface area contributed by atoms with Crippen molar-refractivity contribution in [3.63, 3.8) is 0 Å². The number of hydrogen-bond acceptors (Lipinski definition) is 6. The molecule has 0 aliphatic carbocycles. The second kappa shape index (κ2) is 9.55. The summed E-state index contributed by atoms with van der Waals surface area (Å²) in [6.07, 6.45) is -4.74. The van der Waals surface area contributed by atoms with Crippen LogP contribution in [0.4, 0.5) is 14.6 Å². The van der Waals surface area contributed by atoms with Crippen LogP contribution in [0.5, 0.6) is 0 Å². The molecule has 1 aliphatic rings. The zero-order valence-corrected chi connectivity index (χ0v) is 24.5. The van der Waals surface area contributed by atoms with Crippen LogP contribution in [0.15, 0.2) is 11.0 Å². The number of nitrogens with zero attached hydrogens (tertiary/aromatic N) is 2. The second-order valence-electron chi connectivity index (χ2n) is 11.9. The van der Waals surface area contributed by atoms with Gasteiger partial charge in [0, 0.05) is 2.74 Å². The molecule has 12 heteroatoms. The van der Waals surface area contributed by atoms with Crippen molar-refractivity contribution in [2.24, 2.45) is 0 Å². The van der Waals surface area contributed by atoms with E-state index in [0.717, 1.165) is 0 Å².